The molecule has 0 amide bonds. The summed E-state index contributed by atoms with van der Waals surface area (Å²) < 4.78 is 20.7. The normalized spacial score (nSPS) is 16.2. The van der Waals surface area contributed by atoms with Crippen LogP contribution in [0.15, 0.2) is 47.0 Å². The second kappa shape index (κ2) is 7.91. The Balaban J connectivity index is 1.11. The molecule has 0 aliphatic carbocycles. The van der Waals surface area contributed by atoms with Gasteiger partial charge in [0.25, 0.3) is 0 Å². The zero-order valence-corrected chi connectivity index (χ0v) is 16.3. The van der Waals surface area contributed by atoms with Gasteiger partial charge in [-0.1, -0.05) is 22.5 Å². The number of likely N-dealkylation sites (tertiary alicyclic amines) is 1. The molecular formula is C22H24FN5O. The van der Waals surface area contributed by atoms with Gasteiger partial charge in [-0.3, -0.25) is 0 Å². The van der Waals surface area contributed by atoms with Crippen molar-refractivity contribution in [1.82, 2.24) is 25.1 Å². The van der Waals surface area contributed by atoms with Crippen LogP contribution in [0, 0.1) is 5.82 Å². The summed E-state index contributed by atoms with van der Waals surface area (Å²) in [6.45, 7) is 4.13. The Kier molecular flexibility index (Phi) is 4.97. The Bertz CT molecular complexity index is 1110. The van der Waals surface area contributed by atoms with E-state index in [9.17, 15) is 4.39 Å². The van der Waals surface area contributed by atoms with Crippen molar-refractivity contribution in [3.63, 3.8) is 0 Å². The minimum absolute atomic E-state index is 0.283. The fourth-order valence-electron chi connectivity index (χ4n) is 4.33. The van der Waals surface area contributed by atoms with Crippen LogP contribution in [0.4, 0.5) is 4.39 Å². The predicted molar refractivity (Wildman–Crippen MR) is 109 cm³/mol. The summed E-state index contributed by atoms with van der Waals surface area (Å²) in [6, 6.07) is 12.8. The highest BCUT2D eigenvalue weighted by atomic mass is 19.1. The van der Waals surface area contributed by atoms with E-state index in [4.69, 9.17) is 4.52 Å². The van der Waals surface area contributed by atoms with E-state index in [0.717, 1.165) is 74.0 Å². The maximum atomic E-state index is 13.4. The number of hydrogen-bond acceptors (Lipinski definition) is 5. The molecule has 5 rings (SSSR count). The third-order valence-corrected chi connectivity index (χ3v) is 5.95. The van der Waals surface area contributed by atoms with E-state index in [0.29, 0.717) is 11.5 Å². The Hall–Kier alpha value is -2.80. The minimum atomic E-state index is -0.283. The first-order valence-electron chi connectivity index (χ1n) is 10.3. The van der Waals surface area contributed by atoms with Crippen molar-refractivity contribution >= 4 is 22.0 Å². The van der Waals surface area contributed by atoms with E-state index in [1.54, 1.807) is 6.07 Å². The van der Waals surface area contributed by atoms with Crippen LogP contribution in [0.3, 0.4) is 0 Å². The molecule has 2 aromatic carbocycles. The zero-order chi connectivity index (χ0) is 19.6. The fourth-order valence-corrected chi connectivity index (χ4v) is 4.33. The number of rotatable bonds is 6. The van der Waals surface area contributed by atoms with Gasteiger partial charge in [-0.2, -0.15) is 0 Å². The number of halogens is 1. The largest absolute Gasteiger partial charge is 0.356 e. The highest BCUT2D eigenvalue weighted by Gasteiger charge is 2.24. The summed E-state index contributed by atoms with van der Waals surface area (Å²) in [7, 11) is 0. The molecule has 29 heavy (non-hydrogen) atoms. The lowest BCUT2D eigenvalue weighted by atomic mass is 9.91. The van der Waals surface area contributed by atoms with E-state index in [1.165, 1.54) is 12.1 Å². The van der Waals surface area contributed by atoms with Gasteiger partial charge in [0.2, 0.25) is 0 Å². The number of benzene rings is 2. The minimum Gasteiger partial charge on any atom is -0.356 e. The second-order valence-electron chi connectivity index (χ2n) is 7.83. The summed E-state index contributed by atoms with van der Waals surface area (Å²) in [5.41, 5.74) is 3.59. The molecule has 0 N–H and O–H groups in total. The highest BCUT2D eigenvalue weighted by molar-refractivity contribution is 5.80. The number of fused-ring (bicyclic) bond motifs is 2. The third-order valence-electron chi connectivity index (χ3n) is 5.95. The number of hydrogen-bond donors (Lipinski definition) is 0. The van der Waals surface area contributed by atoms with E-state index < -0.39 is 0 Å². The molecule has 0 spiro atoms. The van der Waals surface area contributed by atoms with Crippen molar-refractivity contribution in [3.8, 4) is 0 Å². The van der Waals surface area contributed by atoms with Gasteiger partial charge < -0.3 is 9.42 Å². The van der Waals surface area contributed by atoms with Crippen LogP contribution in [0.1, 0.15) is 37.3 Å². The molecule has 0 radical (unpaired) electrons. The summed E-state index contributed by atoms with van der Waals surface area (Å²) in [6.07, 6.45) is 4.36. The van der Waals surface area contributed by atoms with Crippen LogP contribution in [-0.4, -0.2) is 44.7 Å². The Labute approximate surface area is 168 Å². The lowest BCUT2D eigenvalue weighted by molar-refractivity contribution is 0.204. The summed E-state index contributed by atoms with van der Waals surface area (Å²) in [4.78, 5) is 2.53. The summed E-state index contributed by atoms with van der Waals surface area (Å²) >= 11 is 0. The average molecular weight is 393 g/mol. The Morgan fingerprint density at radius 3 is 2.76 bits per heavy atom. The van der Waals surface area contributed by atoms with Gasteiger partial charge in [-0.05, 0) is 69.6 Å². The van der Waals surface area contributed by atoms with Crippen molar-refractivity contribution in [2.24, 2.45) is 0 Å². The smallest absolute Gasteiger partial charge is 0.170 e. The fraction of sp³-hybridized carbons (Fsp3) is 0.409. The van der Waals surface area contributed by atoms with Crippen molar-refractivity contribution in [2.45, 2.75) is 38.1 Å². The van der Waals surface area contributed by atoms with Gasteiger partial charge in [0.15, 0.2) is 5.58 Å². The van der Waals surface area contributed by atoms with Crippen LogP contribution in [0.2, 0.25) is 0 Å². The molecule has 1 saturated heterocycles. The third kappa shape index (κ3) is 3.74. The average Bonchev–Trinajstić information content (AvgIpc) is 3.35. The number of nitrogens with zero attached hydrogens (tertiary/aromatic N) is 5. The van der Waals surface area contributed by atoms with E-state index >= 15 is 0 Å². The molecular weight excluding hydrogens is 369 g/mol. The monoisotopic (exact) mass is 393 g/mol. The Morgan fingerprint density at radius 1 is 1.03 bits per heavy atom. The van der Waals surface area contributed by atoms with Crippen LogP contribution in [0.25, 0.3) is 22.0 Å². The molecule has 0 saturated carbocycles. The van der Waals surface area contributed by atoms with E-state index in [1.807, 2.05) is 22.9 Å². The molecule has 0 atom stereocenters. The van der Waals surface area contributed by atoms with Crippen molar-refractivity contribution in [3.05, 3.63) is 54.0 Å². The first-order valence-corrected chi connectivity index (χ1v) is 10.3. The lowest BCUT2D eigenvalue weighted by Gasteiger charge is -2.31. The van der Waals surface area contributed by atoms with Gasteiger partial charge in [-0.15, -0.1) is 5.10 Å². The molecule has 7 heteroatoms. The second-order valence-corrected chi connectivity index (χ2v) is 7.83. The lowest BCUT2D eigenvalue weighted by Crippen LogP contribution is -2.33. The maximum Gasteiger partial charge on any atom is 0.170 e. The predicted octanol–water partition coefficient (Wildman–Crippen LogP) is 4.37. The number of aryl methyl sites for hydroxylation is 1. The molecule has 3 heterocycles. The first kappa shape index (κ1) is 18.2. The van der Waals surface area contributed by atoms with Gasteiger partial charge >= 0.3 is 0 Å². The first-order chi connectivity index (χ1) is 14.3. The van der Waals surface area contributed by atoms with Crippen molar-refractivity contribution in [2.75, 3.05) is 19.6 Å². The number of para-hydroxylation sites is 1. The molecule has 1 fully saturated rings. The van der Waals surface area contributed by atoms with Crippen LogP contribution in [0.5, 0.6) is 0 Å². The quantitative estimate of drug-likeness (QED) is 0.455. The SMILES string of the molecule is Fc1ccc2c(C3CCN(CCCCn4nnc5ccccc54)CC3)noc2c1. The number of aromatic nitrogens is 4. The molecule has 4 aromatic rings. The zero-order valence-electron chi connectivity index (χ0n) is 16.3. The standard InChI is InChI=1S/C22H24FN5O/c23-17-7-8-18-21(15-17)29-25-22(18)16-9-13-27(14-10-16)11-3-4-12-28-20-6-2-1-5-19(20)24-26-28/h1-2,5-8,15-16H,3-4,9-14H2. The van der Waals surface area contributed by atoms with E-state index in [2.05, 4.69) is 26.4 Å². The molecule has 1 aliphatic rings. The number of unbranched alkanes of at least 4 members (excludes halogenated alkanes) is 1. The molecule has 0 bridgehead atoms. The van der Waals surface area contributed by atoms with Crippen molar-refractivity contribution < 1.29 is 8.91 Å². The van der Waals surface area contributed by atoms with Gasteiger partial charge in [0.05, 0.1) is 11.2 Å². The van der Waals surface area contributed by atoms with Gasteiger partial charge in [-0.25, -0.2) is 9.07 Å². The van der Waals surface area contributed by atoms with Crippen LogP contribution >= 0.6 is 0 Å². The van der Waals surface area contributed by atoms with Gasteiger partial charge in [0, 0.05) is 23.9 Å². The van der Waals surface area contributed by atoms with Crippen LogP contribution < -0.4 is 0 Å². The maximum absolute atomic E-state index is 13.4. The molecule has 2 aromatic heterocycles. The summed E-state index contributed by atoms with van der Waals surface area (Å²) in [5, 5.41) is 13.7. The topological polar surface area (TPSA) is 60.0 Å². The molecule has 6 nitrogen and oxygen atoms in total. The number of piperidine rings is 1. The van der Waals surface area contributed by atoms with E-state index in [-0.39, 0.29) is 5.82 Å². The summed E-state index contributed by atoms with van der Waals surface area (Å²) in [5.74, 6) is 0.105. The molecule has 150 valence electrons. The Morgan fingerprint density at radius 2 is 1.86 bits per heavy atom. The molecule has 0 unspecified atom stereocenters. The van der Waals surface area contributed by atoms with Gasteiger partial charge in [0.1, 0.15) is 11.3 Å². The molecule has 1 aliphatic heterocycles. The van der Waals surface area contributed by atoms with Crippen LogP contribution in [-0.2, 0) is 6.54 Å². The van der Waals surface area contributed by atoms with Crippen molar-refractivity contribution in [1.29, 1.82) is 0 Å². The highest BCUT2D eigenvalue weighted by Crippen LogP contribution is 2.32.